The maximum Gasteiger partial charge on any atom is 0.330 e. The minimum atomic E-state index is -0.981. The molecule has 0 radical (unpaired) electrons. The topological polar surface area (TPSA) is 97.2 Å². The van der Waals surface area contributed by atoms with Gasteiger partial charge in [0.2, 0.25) is 11.8 Å². The highest BCUT2D eigenvalue weighted by atomic mass is 16.2. The van der Waals surface area contributed by atoms with Crippen LogP contribution in [-0.2, 0) is 23.1 Å². The lowest BCUT2D eigenvalue weighted by molar-refractivity contribution is -0.144. The molecule has 8 heteroatoms. The van der Waals surface area contributed by atoms with Gasteiger partial charge in [-0.25, -0.2) is 9.78 Å². The fourth-order valence-electron chi connectivity index (χ4n) is 2.21. The molecule has 1 aliphatic carbocycles. The second kappa shape index (κ2) is 3.87. The zero-order valence-electron chi connectivity index (χ0n) is 10.4. The standard InChI is InChI=1S/C11H13N5O3/c1-15-6-12-7(14-15)2-5-16-9(18)11(3-4-11)8(17)13-10(16)19/h6H,2-5H2,1H3,(H,13,17,19). The molecule has 2 aliphatic rings. The van der Waals surface area contributed by atoms with Crippen LogP contribution in [0.25, 0.3) is 0 Å². The van der Waals surface area contributed by atoms with Gasteiger partial charge in [0.15, 0.2) is 5.82 Å². The summed E-state index contributed by atoms with van der Waals surface area (Å²) < 4.78 is 1.55. The Morgan fingerprint density at radius 2 is 2.11 bits per heavy atom. The number of barbiturate groups is 1. The van der Waals surface area contributed by atoms with Crippen LogP contribution in [0, 0.1) is 5.41 Å². The van der Waals surface area contributed by atoms with Crippen molar-refractivity contribution >= 4 is 17.8 Å². The Labute approximate surface area is 108 Å². The summed E-state index contributed by atoms with van der Waals surface area (Å²) in [7, 11) is 1.74. The van der Waals surface area contributed by atoms with E-state index in [-0.39, 0.29) is 6.54 Å². The first-order valence-corrected chi connectivity index (χ1v) is 6.05. The van der Waals surface area contributed by atoms with E-state index in [1.165, 1.54) is 0 Å². The second-order valence-corrected chi connectivity index (χ2v) is 4.88. The van der Waals surface area contributed by atoms with Crippen LogP contribution in [-0.4, -0.2) is 44.1 Å². The molecule has 1 saturated heterocycles. The zero-order valence-corrected chi connectivity index (χ0v) is 10.4. The summed E-state index contributed by atoms with van der Waals surface area (Å²) in [6.07, 6.45) is 2.97. The van der Waals surface area contributed by atoms with Crippen molar-refractivity contribution in [3.63, 3.8) is 0 Å². The van der Waals surface area contributed by atoms with Crippen LogP contribution in [0.15, 0.2) is 6.33 Å². The Hall–Kier alpha value is -2.25. The van der Waals surface area contributed by atoms with Gasteiger partial charge in [0.05, 0.1) is 0 Å². The molecule has 4 amide bonds. The molecule has 8 nitrogen and oxygen atoms in total. The van der Waals surface area contributed by atoms with Crippen molar-refractivity contribution in [2.45, 2.75) is 19.3 Å². The summed E-state index contributed by atoms with van der Waals surface area (Å²) in [6.45, 7) is 0.184. The number of hydrogen-bond donors (Lipinski definition) is 1. The van der Waals surface area contributed by atoms with Crippen molar-refractivity contribution in [3.8, 4) is 0 Å². The molecule has 1 aromatic rings. The number of hydrogen-bond acceptors (Lipinski definition) is 5. The van der Waals surface area contributed by atoms with E-state index in [9.17, 15) is 14.4 Å². The molecule has 19 heavy (non-hydrogen) atoms. The first kappa shape index (κ1) is 11.8. The van der Waals surface area contributed by atoms with Crippen LogP contribution in [0.5, 0.6) is 0 Å². The number of imide groups is 2. The molecular weight excluding hydrogens is 250 g/mol. The smallest absolute Gasteiger partial charge is 0.277 e. The van der Waals surface area contributed by atoms with Crippen LogP contribution < -0.4 is 5.32 Å². The molecule has 1 saturated carbocycles. The molecule has 1 aromatic heterocycles. The number of urea groups is 1. The Kier molecular flexibility index (Phi) is 2.41. The molecule has 1 N–H and O–H groups in total. The van der Waals surface area contributed by atoms with Gasteiger partial charge in [-0.3, -0.25) is 24.5 Å². The summed E-state index contributed by atoms with van der Waals surface area (Å²) in [4.78, 5) is 40.6. The highest BCUT2D eigenvalue weighted by molar-refractivity contribution is 6.20. The highest BCUT2D eigenvalue weighted by Crippen LogP contribution is 2.48. The summed E-state index contributed by atoms with van der Waals surface area (Å²) in [5.41, 5.74) is -0.981. The van der Waals surface area contributed by atoms with Crippen molar-refractivity contribution < 1.29 is 14.4 Å². The average Bonchev–Trinajstić information content (AvgIpc) is 3.06. The lowest BCUT2D eigenvalue weighted by Crippen LogP contribution is -2.59. The van der Waals surface area contributed by atoms with E-state index >= 15 is 0 Å². The predicted octanol–water partition coefficient (Wildman–Crippen LogP) is -0.784. The summed E-state index contributed by atoms with van der Waals surface area (Å²) in [6, 6.07) is -0.650. The van der Waals surface area contributed by atoms with Gasteiger partial charge in [0.1, 0.15) is 11.7 Å². The number of nitrogens with one attached hydrogen (secondary N) is 1. The molecule has 100 valence electrons. The number of carbonyl (C=O) groups is 3. The Morgan fingerprint density at radius 1 is 1.37 bits per heavy atom. The molecule has 0 atom stereocenters. The Balaban J connectivity index is 1.71. The van der Waals surface area contributed by atoms with E-state index in [0.29, 0.717) is 25.1 Å². The van der Waals surface area contributed by atoms with Crippen molar-refractivity contribution in [3.05, 3.63) is 12.2 Å². The van der Waals surface area contributed by atoms with Crippen molar-refractivity contribution in [2.75, 3.05) is 6.54 Å². The number of aryl methyl sites for hydroxylation is 1. The van der Waals surface area contributed by atoms with Gasteiger partial charge in [0.25, 0.3) is 0 Å². The first-order chi connectivity index (χ1) is 9.03. The zero-order chi connectivity index (χ0) is 13.6. The molecule has 3 rings (SSSR count). The molecule has 0 bridgehead atoms. The second-order valence-electron chi connectivity index (χ2n) is 4.88. The molecule has 2 fully saturated rings. The van der Waals surface area contributed by atoms with Crippen LogP contribution in [0.2, 0.25) is 0 Å². The highest BCUT2D eigenvalue weighted by Gasteiger charge is 2.62. The quantitative estimate of drug-likeness (QED) is 0.721. The Morgan fingerprint density at radius 3 is 2.68 bits per heavy atom. The van der Waals surface area contributed by atoms with Crippen molar-refractivity contribution in [2.24, 2.45) is 12.5 Å². The van der Waals surface area contributed by atoms with E-state index in [1.54, 1.807) is 18.1 Å². The fourth-order valence-corrected chi connectivity index (χ4v) is 2.21. The summed E-state index contributed by atoms with van der Waals surface area (Å²) in [5, 5.41) is 6.32. The monoisotopic (exact) mass is 263 g/mol. The van der Waals surface area contributed by atoms with Gasteiger partial charge < -0.3 is 0 Å². The minimum absolute atomic E-state index is 0.184. The number of aromatic nitrogens is 3. The van der Waals surface area contributed by atoms with Gasteiger partial charge in [-0.2, -0.15) is 5.10 Å². The lowest BCUT2D eigenvalue weighted by Gasteiger charge is -2.29. The van der Waals surface area contributed by atoms with Gasteiger partial charge >= 0.3 is 6.03 Å². The molecule has 2 heterocycles. The summed E-state index contributed by atoms with van der Waals surface area (Å²) in [5.74, 6) is -0.295. The van der Waals surface area contributed by atoms with Crippen LogP contribution in [0.3, 0.4) is 0 Å². The van der Waals surface area contributed by atoms with Crippen molar-refractivity contribution in [1.82, 2.24) is 25.0 Å². The number of rotatable bonds is 3. The SMILES string of the molecule is Cn1cnc(CCN2C(=O)NC(=O)C3(CC3)C2=O)n1. The third-order valence-corrected chi connectivity index (χ3v) is 3.51. The van der Waals surface area contributed by atoms with Crippen LogP contribution in [0.4, 0.5) is 4.79 Å². The molecule has 0 aromatic carbocycles. The van der Waals surface area contributed by atoms with Gasteiger partial charge in [-0.1, -0.05) is 0 Å². The number of nitrogens with zero attached hydrogens (tertiary/aromatic N) is 4. The number of amides is 4. The van der Waals surface area contributed by atoms with E-state index in [2.05, 4.69) is 15.4 Å². The third kappa shape index (κ3) is 1.79. The third-order valence-electron chi connectivity index (χ3n) is 3.51. The first-order valence-electron chi connectivity index (χ1n) is 6.05. The van der Waals surface area contributed by atoms with Crippen molar-refractivity contribution in [1.29, 1.82) is 0 Å². The largest absolute Gasteiger partial charge is 0.330 e. The minimum Gasteiger partial charge on any atom is -0.277 e. The molecule has 1 spiro atoms. The lowest BCUT2D eigenvalue weighted by atomic mass is 10.0. The van der Waals surface area contributed by atoms with Crippen LogP contribution in [0.1, 0.15) is 18.7 Å². The van der Waals surface area contributed by atoms with Gasteiger partial charge in [0, 0.05) is 20.0 Å². The number of carbonyl (C=O) groups excluding carboxylic acids is 3. The van der Waals surface area contributed by atoms with Gasteiger partial charge in [-0.05, 0) is 12.8 Å². The molecule has 0 unspecified atom stereocenters. The summed E-state index contributed by atoms with van der Waals surface area (Å²) >= 11 is 0. The van der Waals surface area contributed by atoms with Gasteiger partial charge in [-0.15, -0.1) is 0 Å². The van der Waals surface area contributed by atoms with E-state index in [4.69, 9.17) is 0 Å². The van der Waals surface area contributed by atoms with E-state index < -0.39 is 23.3 Å². The van der Waals surface area contributed by atoms with E-state index in [1.807, 2.05) is 0 Å². The average molecular weight is 263 g/mol. The Bertz CT molecular complexity index is 575. The maximum atomic E-state index is 12.2. The molecular formula is C11H13N5O3. The molecule has 1 aliphatic heterocycles. The van der Waals surface area contributed by atoms with Crippen LogP contribution >= 0.6 is 0 Å². The normalized spacial score (nSPS) is 20.9. The van der Waals surface area contributed by atoms with E-state index in [0.717, 1.165) is 4.90 Å². The fraction of sp³-hybridized carbons (Fsp3) is 0.545. The maximum absolute atomic E-state index is 12.2. The predicted molar refractivity (Wildman–Crippen MR) is 61.6 cm³/mol.